The first-order chi connectivity index (χ1) is 17.7. The number of hydrogen-bond donors (Lipinski definition) is 6. The molecular formula is C28H33N5O4. The number of nitrogens with one attached hydrogen (secondary N) is 4. The molecule has 9 nitrogen and oxygen atoms in total. The van der Waals surface area contributed by atoms with Crippen LogP contribution in [0.4, 0.5) is 0 Å². The third-order valence-corrected chi connectivity index (χ3v) is 6.07. The van der Waals surface area contributed by atoms with Crippen molar-refractivity contribution in [3.05, 3.63) is 71.8 Å². The van der Waals surface area contributed by atoms with Crippen LogP contribution in [0.1, 0.15) is 42.9 Å². The van der Waals surface area contributed by atoms with Gasteiger partial charge in [-0.15, -0.1) is 0 Å². The molecule has 0 aliphatic carbocycles. The third-order valence-electron chi connectivity index (χ3n) is 6.07. The number of aliphatic carboxylic acids is 1. The Morgan fingerprint density at radius 3 is 2.30 bits per heavy atom. The number of fused-ring (bicyclic) bond motifs is 1. The van der Waals surface area contributed by atoms with Gasteiger partial charge in [0.25, 0.3) is 0 Å². The molecule has 0 saturated heterocycles. The Kier molecular flexibility index (Phi) is 9.60. The number of aryl methyl sites for hydroxylation is 1. The van der Waals surface area contributed by atoms with E-state index < -0.39 is 17.9 Å². The highest BCUT2D eigenvalue weighted by atomic mass is 16.4. The molecule has 0 spiro atoms. The average molecular weight is 504 g/mol. The van der Waals surface area contributed by atoms with Crippen molar-refractivity contribution in [3.8, 4) is 11.1 Å². The largest absolute Gasteiger partial charge is 0.481 e. The van der Waals surface area contributed by atoms with Crippen LogP contribution in [0.25, 0.3) is 21.9 Å². The van der Waals surface area contributed by atoms with Crippen molar-refractivity contribution < 1.29 is 19.5 Å². The third kappa shape index (κ3) is 8.06. The molecule has 0 saturated carbocycles. The minimum absolute atomic E-state index is 0.115. The predicted octanol–water partition coefficient (Wildman–Crippen LogP) is 3.22. The van der Waals surface area contributed by atoms with Crippen LogP contribution in [0.2, 0.25) is 0 Å². The van der Waals surface area contributed by atoms with E-state index in [-0.39, 0.29) is 31.3 Å². The standard InChI is InChI=1S/C28H33N5O4/c1-18-9-14-22(23-7-3-2-6-21(18)23)19-10-12-20(13-11-19)24(16-27(36)37)33-26(35)17-32-25(34)8-4-5-15-31-28(29)30/h2-3,6-7,9-14,24H,4-5,8,15-17H2,1H3,(H,32,34)(H,33,35)(H,36,37)(H4,29,30,31)/t24-/m0/s1. The van der Waals surface area contributed by atoms with Crippen LogP contribution in [-0.2, 0) is 14.4 Å². The molecule has 194 valence electrons. The summed E-state index contributed by atoms with van der Waals surface area (Å²) < 4.78 is 0. The number of hydrogen-bond acceptors (Lipinski definition) is 4. The Bertz CT molecular complexity index is 1270. The normalized spacial score (nSPS) is 11.5. The van der Waals surface area contributed by atoms with E-state index in [1.165, 1.54) is 10.9 Å². The molecule has 3 rings (SSSR count). The van der Waals surface area contributed by atoms with E-state index in [9.17, 15) is 19.5 Å². The highest BCUT2D eigenvalue weighted by molar-refractivity contribution is 5.98. The number of carbonyl (C=O) groups excluding carboxylic acids is 2. The molecule has 0 bridgehead atoms. The fraction of sp³-hybridized carbons (Fsp3) is 0.286. The molecule has 2 amide bonds. The molecule has 0 aliphatic rings. The Morgan fingerprint density at radius 1 is 0.919 bits per heavy atom. The summed E-state index contributed by atoms with van der Waals surface area (Å²) in [6.45, 7) is 2.33. The van der Waals surface area contributed by atoms with Crippen LogP contribution in [-0.4, -0.2) is 41.9 Å². The van der Waals surface area contributed by atoms with Crippen molar-refractivity contribution in [2.24, 2.45) is 5.73 Å². The number of guanidine groups is 1. The smallest absolute Gasteiger partial charge is 0.305 e. The van der Waals surface area contributed by atoms with Crippen molar-refractivity contribution in [2.45, 2.75) is 38.6 Å². The molecular weight excluding hydrogens is 470 g/mol. The molecule has 3 aromatic rings. The molecule has 0 fully saturated rings. The minimum atomic E-state index is -1.04. The van der Waals surface area contributed by atoms with E-state index in [1.54, 1.807) is 0 Å². The molecule has 7 N–H and O–H groups in total. The summed E-state index contributed by atoms with van der Waals surface area (Å²) >= 11 is 0. The fourth-order valence-corrected chi connectivity index (χ4v) is 4.17. The molecule has 0 heterocycles. The summed E-state index contributed by atoms with van der Waals surface area (Å²) in [5.74, 6) is -1.90. The van der Waals surface area contributed by atoms with Crippen molar-refractivity contribution in [2.75, 3.05) is 13.1 Å². The van der Waals surface area contributed by atoms with Crippen LogP contribution >= 0.6 is 0 Å². The van der Waals surface area contributed by atoms with Gasteiger partial charge in [0, 0.05) is 13.0 Å². The molecule has 0 radical (unpaired) electrons. The molecule has 0 aromatic heterocycles. The van der Waals surface area contributed by atoms with E-state index in [0.717, 1.165) is 16.5 Å². The number of nitrogens with two attached hydrogens (primary N) is 1. The second-order valence-electron chi connectivity index (χ2n) is 8.89. The summed E-state index contributed by atoms with van der Waals surface area (Å²) in [4.78, 5) is 35.9. The number of carboxylic acid groups (broad SMARTS) is 1. The number of unbranched alkanes of at least 4 members (excludes halogenated alkanes) is 1. The Balaban J connectivity index is 1.61. The zero-order valence-electron chi connectivity index (χ0n) is 20.8. The zero-order chi connectivity index (χ0) is 26.8. The van der Waals surface area contributed by atoms with E-state index in [4.69, 9.17) is 11.1 Å². The molecule has 9 heteroatoms. The summed E-state index contributed by atoms with van der Waals surface area (Å²) in [6.07, 6.45) is 1.20. The van der Waals surface area contributed by atoms with Crippen molar-refractivity contribution in [1.29, 1.82) is 5.41 Å². The Labute approximate surface area is 216 Å². The van der Waals surface area contributed by atoms with E-state index >= 15 is 0 Å². The van der Waals surface area contributed by atoms with Gasteiger partial charge >= 0.3 is 5.97 Å². The maximum atomic E-state index is 12.5. The predicted molar refractivity (Wildman–Crippen MR) is 144 cm³/mol. The number of amides is 2. The SMILES string of the molecule is Cc1ccc(-c2ccc([C@H](CC(=O)O)NC(=O)CNC(=O)CCCCNC(=N)N)cc2)c2ccccc12. The summed E-state index contributed by atoms with van der Waals surface area (Å²) in [6, 6.07) is 19.1. The number of benzene rings is 3. The van der Waals surface area contributed by atoms with E-state index in [1.807, 2.05) is 36.4 Å². The number of carbonyl (C=O) groups is 3. The number of carboxylic acids is 1. The van der Waals surface area contributed by atoms with E-state index in [2.05, 4.69) is 47.1 Å². The molecule has 0 aliphatic heterocycles. The second-order valence-corrected chi connectivity index (χ2v) is 8.89. The van der Waals surface area contributed by atoms with Gasteiger partial charge in [-0.25, -0.2) is 0 Å². The van der Waals surface area contributed by atoms with Gasteiger partial charge in [-0.05, 0) is 52.8 Å². The van der Waals surface area contributed by atoms with Gasteiger partial charge in [0.05, 0.1) is 19.0 Å². The quantitative estimate of drug-likeness (QED) is 0.127. The first kappa shape index (κ1) is 27.2. The lowest BCUT2D eigenvalue weighted by Gasteiger charge is -2.18. The monoisotopic (exact) mass is 503 g/mol. The fourth-order valence-electron chi connectivity index (χ4n) is 4.17. The van der Waals surface area contributed by atoms with Gasteiger partial charge in [0.1, 0.15) is 0 Å². The Morgan fingerprint density at radius 2 is 1.62 bits per heavy atom. The second kappa shape index (κ2) is 13.1. The molecule has 3 aromatic carbocycles. The van der Waals surface area contributed by atoms with Crippen LogP contribution in [0, 0.1) is 12.3 Å². The number of rotatable bonds is 12. The lowest BCUT2D eigenvalue weighted by atomic mass is 9.94. The van der Waals surface area contributed by atoms with Crippen LogP contribution < -0.4 is 21.7 Å². The summed E-state index contributed by atoms with van der Waals surface area (Å²) in [7, 11) is 0. The molecule has 0 unspecified atom stereocenters. The van der Waals surface area contributed by atoms with Crippen molar-refractivity contribution in [1.82, 2.24) is 16.0 Å². The van der Waals surface area contributed by atoms with E-state index in [0.29, 0.717) is 24.9 Å². The van der Waals surface area contributed by atoms with Gasteiger partial charge in [-0.2, -0.15) is 0 Å². The average Bonchev–Trinajstić information content (AvgIpc) is 2.87. The van der Waals surface area contributed by atoms with Crippen LogP contribution in [0.3, 0.4) is 0 Å². The lowest BCUT2D eigenvalue weighted by Crippen LogP contribution is -2.39. The molecule has 1 atom stereocenters. The molecule has 37 heavy (non-hydrogen) atoms. The van der Waals surface area contributed by atoms with Gasteiger partial charge < -0.3 is 26.8 Å². The van der Waals surface area contributed by atoms with Crippen molar-refractivity contribution in [3.63, 3.8) is 0 Å². The first-order valence-corrected chi connectivity index (χ1v) is 12.2. The highest BCUT2D eigenvalue weighted by Gasteiger charge is 2.19. The highest BCUT2D eigenvalue weighted by Crippen LogP contribution is 2.31. The van der Waals surface area contributed by atoms with Gasteiger partial charge in [0.15, 0.2) is 5.96 Å². The maximum Gasteiger partial charge on any atom is 0.305 e. The first-order valence-electron chi connectivity index (χ1n) is 12.2. The van der Waals surface area contributed by atoms with Crippen LogP contribution in [0.15, 0.2) is 60.7 Å². The lowest BCUT2D eigenvalue weighted by molar-refractivity contribution is -0.138. The summed E-state index contributed by atoms with van der Waals surface area (Å²) in [5.41, 5.74) is 9.12. The van der Waals surface area contributed by atoms with Crippen molar-refractivity contribution >= 4 is 34.5 Å². The maximum absolute atomic E-state index is 12.5. The van der Waals surface area contributed by atoms with Gasteiger partial charge in [0.2, 0.25) is 11.8 Å². The zero-order valence-corrected chi connectivity index (χ0v) is 20.8. The Hall–Kier alpha value is -4.40. The topological polar surface area (TPSA) is 157 Å². The van der Waals surface area contributed by atoms with Gasteiger partial charge in [-0.3, -0.25) is 19.8 Å². The van der Waals surface area contributed by atoms with Crippen LogP contribution in [0.5, 0.6) is 0 Å². The van der Waals surface area contributed by atoms with Gasteiger partial charge in [-0.1, -0.05) is 60.7 Å². The summed E-state index contributed by atoms with van der Waals surface area (Å²) in [5, 5.41) is 26.7. The minimum Gasteiger partial charge on any atom is -0.481 e.